The second-order valence-electron chi connectivity index (χ2n) is 3.45. The molecule has 84 valence electrons. The van der Waals surface area contributed by atoms with Crippen molar-refractivity contribution < 1.29 is 4.39 Å². The monoisotopic (exact) mass is 248 g/mol. The highest BCUT2D eigenvalue weighted by Crippen LogP contribution is 2.23. The van der Waals surface area contributed by atoms with Crippen molar-refractivity contribution in [2.24, 2.45) is 0 Å². The molecule has 0 amide bonds. The predicted molar refractivity (Wildman–Crippen MR) is 61.2 cm³/mol. The van der Waals surface area contributed by atoms with Crippen LogP contribution in [-0.4, -0.2) is 19.6 Å². The van der Waals surface area contributed by atoms with E-state index in [0.29, 0.717) is 5.69 Å². The summed E-state index contributed by atoms with van der Waals surface area (Å²) in [6.07, 6.45) is 4.49. The van der Waals surface area contributed by atoms with Gasteiger partial charge in [0.15, 0.2) is 0 Å². The molecule has 0 unspecified atom stereocenters. The summed E-state index contributed by atoms with van der Waals surface area (Å²) in [5, 5.41) is 4.23. The van der Waals surface area contributed by atoms with Crippen LogP contribution in [0.1, 0.15) is 0 Å². The number of fused-ring (bicyclic) bond motifs is 1. The molecule has 0 spiro atoms. The van der Waals surface area contributed by atoms with Crippen molar-refractivity contribution in [1.82, 2.24) is 19.6 Å². The fourth-order valence-electron chi connectivity index (χ4n) is 1.64. The number of nitrogens with zero attached hydrogens (tertiary/aromatic N) is 4. The first-order valence-corrected chi connectivity index (χ1v) is 5.23. The van der Waals surface area contributed by atoms with Crippen molar-refractivity contribution in [3.8, 4) is 11.3 Å². The molecule has 0 N–H and O–H groups in total. The normalized spacial score (nSPS) is 10.9. The highest BCUT2D eigenvalue weighted by Gasteiger charge is 2.08. The van der Waals surface area contributed by atoms with E-state index in [9.17, 15) is 4.39 Å². The van der Waals surface area contributed by atoms with Gasteiger partial charge in [-0.2, -0.15) is 5.10 Å². The molecule has 0 aromatic carbocycles. The first-order valence-electron chi connectivity index (χ1n) is 4.86. The van der Waals surface area contributed by atoms with Crippen LogP contribution in [0.3, 0.4) is 0 Å². The SMILES string of the molecule is Fc1ccc2c(-c3ccnc(Cl)n3)cnn2c1. The fourth-order valence-corrected chi connectivity index (χ4v) is 1.79. The first kappa shape index (κ1) is 10.2. The third-order valence-corrected chi connectivity index (χ3v) is 2.56. The molecule has 0 radical (unpaired) electrons. The van der Waals surface area contributed by atoms with E-state index in [1.807, 2.05) is 0 Å². The summed E-state index contributed by atoms with van der Waals surface area (Å²) in [6, 6.07) is 4.75. The van der Waals surface area contributed by atoms with Crippen molar-refractivity contribution in [2.75, 3.05) is 0 Å². The molecule has 0 atom stereocenters. The van der Waals surface area contributed by atoms with Crippen molar-refractivity contribution in [1.29, 1.82) is 0 Å². The lowest BCUT2D eigenvalue weighted by Gasteiger charge is -1.98. The third kappa shape index (κ3) is 1.74. The van der Waals surface area contributed by atoms with Crippen LogP contribution in [-0.2, 0) is 0 Å². The van der Waals surface area contributed by atoms with Gasteiger partial charge in [0.25, 0.3) is 0 Å². The summed E-state index contributed by atoms with van der Waals surface area (Å²) >= 11 is 5.73. The number of hydrogen-bond acceptors (Lipinski definition) is 3. The minimum absolute atomic E-state index is 0.170. The second-order valence-corrected chi connectivity index (χ2v) is 3.78. The predicted octanol–water partition coefficient (Wildman–Crippen LogP) is 2.58. The zero-order chi connectivity index (χ0) is 11.8. The quantitative estimate of drug-likeness (QED) is 0.622. The van der Waals surface area contributed by atoms with Gasteiger partial charge in [0.1, 0.15) is 5.82 Å². The summed E-state index contributed by atoms with van der Waals surface area (Å²) in [6.45, 7) is 0. The van der Waals surface area contributed by atoms with Gasteiger partial charge in [0, 0.05) is 11.8 Å². The molecule has 6 heteroatoms. The summed E-state index contributed by atoms with van der Waals surface area (Å²) < 4.78 is 14.5. The van der Waals surface area contributed by atoms with Crippen molar-refractivity contribution in [3.05, 3.63) is 47.9 Å². The first-order chi connectivity index (χ1) is 8.24. The van der Waals surface area contributed by atoms with E-state index in [1.165, 1.54) is 16.8 Å². The zero-order valence-corrected chi connectivity index (χ0v) is 9.26. The fraction of sp³-hybridized carbons (Fsp3) is 0. The Morgan fingerprint density at radius 3 is 2.94 bits per heavy atom. The molecule has 3 aromatic heterocycles. The molecular weight excluding hydrogens is 243 g/mol. The molecule has 0 saturated carbocycles. The Morgan fingerprint density at radius 2 is 2.12 bits per heavy atom. The molecule has 0 aliphatic rings. The van der Waals surface area contributed by atoms with Crippen LogP contribution in [0, 0.1) is 5.82 Å². The highest BCUT2D eigenvalue weighted by atomic mass is 35.5. The van der Waals surface area contributed by atoms with E-state index in [1.54, 1.807) is 24.5 Å². The molecule has 3 rings (SSSR count). The van der Waals surface area contributed by atoms with Crippen molar-refractivity contribution in [3.63, 3.8) is 0 Å². The molecule has 3 aromatic rings. The van der Waals surface area contributed by atoms with E-state index in [-0.39, 0.29) is 11.1 Å². The van der Waals surface area contributed by atoms with Gasteiger partial charge < -0.3 is 0 Å². The van der Waals surface area contributed by atoms with Gasteiger partial charge in [-0.05, 0) is 29.8 Å². The van der Waals surface area contributed by atoms with Gasteiger partial charge in [0.05, 0.1) is 23.6 Å². The van der Waals surface area contributed by atoms with Gasteiger partial charge in [-0.25, -0.2) is 18.9 Å². The lowest BCUT2D eigenvalue weighted by atomic mass is 10.2. The molecular formula is C11H6ClFN4. The Hall–Kier alpha value is -2.01. The summed E-state index contributed by atoms with van der Waals surface area (Å²) in [7, 11) is 0. The number of aromatic nitrogens is 4. The minimum atomic E-state index is -0.340. The Labute approximate surface area is 101 Å². The summed E-state index contributed by atoms with van der Waals surface area (Å²) in [4.78, 5) is 7.91. The Kier molecular flexibility index (Phi) is 2.26. The highest BCUT2D eigenvalue weighted by molar-refractivity contribution is 6.28. The standard InChI is InChI=1S/C11H6ClFN4/c12-11-14-4-3-9(16-11)8-5-15-17-6-7(13)1-2-10(8)17/h1-6H. The van der Waals surface area contributed by atoms with E-state index in [0.717, 1.165) is 11.1 Å². The molecule has 0 aliphatic heterocycles. The van der Waals surface area contributed by atoms with Crippen LogP contribution in [0.15, 0.2) is 36.8 Å². The lowest BCUT2D eigenvalue weighted by Crippen LogP contribution is -1.89. The number of hydrogen-bond donors (Lipinski definition) is 0. The molecule has 4 nitrogen and oxygen atoms in total. The Morgan fingerprint density at radius 1 is 1.24 bits per heavy atom. The number of halogens is 2. The Balaban J connectivity index is 2.24. The van der Waals surface area contributed by atoms with Gasteiger partial charge in [-0.15, -0.1) is 0 Å². The Bertz CT molecular complexity index is 695. The molecule has 0 bridgehead atoms. The van der Waals surface area contributed by atoms with Crippen molar-refractivity contribution in [2.45, 2.75) is 0 Å². The minimum Gasteiger partial charge on any atom is -0.237 e. The largest absolute Gasteiger partial charge is 0.237 e. The van der Waals surface area contributed by atoms with E-state index in [2.05, 4.69) is 15.1 Å². The van der Waals surface area contributed by atoms with Crippen molar-refractivity contribution >= 4 is 17.1 Å². The number of rotatable bonds is 1. The topological polar surface area (TPSA) is 43.1 Å². The maximum atomic E-state index is 13.0. The average molecular weight is 249 g/mol. The van der Waals surface area contributed by atoms with Gasteiger partial charge >= 0.3 is 0 Å². The summed E-state index contributed by atoms with van der Waals surface area (Å²) in [5.74, 6) is -0.340. The molecule has 17 heavy (non-hydrogen) atoms. The molecule has 0 saturated heterocycles. The zero-order valence-electron chi connectivity index (χ0n) is 8.51. The maximum absolute atomic E-state index is 13.0. The van der Waals surface area contributed by atoms with Crippen LogP contribution < -0.4 is 0 Å². The van der Waals surface area contributed by atoms with Crippen LogP contribution in [0.4, 0.5) is 4.39 Å². The van der Waals surface area contributed by atoms with E-state index < -0.39 is 0 Å². The molecule has 0 fully saturated rings. The molecule has 3 heterocycles. The van der Waals surface area contributed by atoms with E-state index in [4.69, 9.17) is 11.6 Å². The van der Waals surface area contributed by atoms with E-state index >= 15 is 0 Å². The second kappa shape index (κ2) is 3.78. The number of pyridine rings is 1. The average Bonchev–Trinajstić information content (AvgIpc) is 2.71. The van der Waals surface area contributed by atoms with Crippen LogP contribution in [0.5, 0.6) is 0 Å². The lowest BCUT2D eigenvalue weighted by molar-refractivity contribution is 0.615. The van der Waals surface area contributed by atoms with Crippen LogP contribution in [0.25, 0.3) is 16.8 Å². The van der Waals surface area contributed by atoms with Gasteiger partial charge in [-0.1, -0.05) is 0 Å². The maximum Gasteiger partial charge on any atom is 0.222 e. The smallest absolute Gasteiger partial charge is 0.222 e. The third-order valence-electron chi connectivity index (χ3n) is 2.38. The van der Waals surface area contributed by atoms with Crippen LogP contribution in [0.2, 0.25) is 5.28 Å². The molecule has 0 aliphatic carbocycles. The van der Waals surface area contributed by atoms with Crippen LogP contribution >= 0.6 is 11.6 Å². The summed E-state index contributed by atoms with van der Waals surface area (Å²) in [5.41, 5.74) is 2.21. The van der Waals surface area contributed by atoms with Gasteiger partial charge in [0.2, 0.25) is 5.28 Å². The van der Waals surface area contributed by atoms with Gasteiger partial charge in [-0.3, -0.25) is 0 Å².